The van der Waals surface area contributed by atoms with Gasteiger partial charge in [-0.15, -0.1) is 0 Å². The molecule has 4 aliphatic heterocycles. The van der Waals surface area contributed by atoms with E-state index in [4.69, 9.17) is 18.3 Å². The SMILES string of the molecule is CCOc1ccc(N2C(=O)C3C(C2=O)N2C(c4ccco4)C4C(=O)N(c5ccc(OCC)cc5[N+](=O)[O-])C(=O)C4N2C3c2ccco2)c([N+](=O)[O-])c1. The van der Waals surface area contributed by atoms with Gasteiger partial charge >= 0.3 is 0 Å². The number of carbonyl (C=O) groups is 4. The third-order valence-electron chi connectivity index (χ3n) is 9.79. The second-order valence-corrected chi connectivity index (χ2v) is 12.3. The molecule has 2 aromatic carbocycles. The summed E-state index contributed by atoms with van der Waals surface area (Å²) in [5.74, 6) is -5.16. The van der Waals surface area contributed by atoms with Crippen LogP contribution >= 0.6 is 0 Å². The molecular weight excluding hydrogens is 684 g/mol. The highest BCUT2D eigenvalue weighted by Gasteiger charge is 2.75. The van der Waals surface area contributed by atoms with Crippen LogP contribution in [0.1, 0.15) is 37.5 Å². The Balaban J connectivity index is 1.28. The average Bonchev–Trinajstić information content (AvgIpc) is 3.96. The van der Waals surface area contributed by atoms with Gasteiger partial charge in [0.25, 0.3) is 23.2 Å². The number of ether oxygens (including phenoxy) is 2. The Morgan fingerprint density at radius 3 is 1.35 bits per heavy atom. The van der Waals surface area contributed by atoms with Crippen molar-refractivity contribution in [1.82, 2.24) is 10.0 Å². The fourth-order valence-corrected chi connectivity index (χ4v) is 7.98. The lowest BCUT2D eigenvalue weighted by atomic mass is 9.87. The fourth-order valence-electron chi connectivity index (χ4n) is 7.98. The summed E-state index contributed by atoms with van der Waals surface area (Å²) in [4.78, 5) is 82.7. The molecule has 52 heavy (non-hydrogen) atoms. The van der Waals surface area contributed by atoms with Gasteiger partial charge in [-0.2, -0.15) is 0 Å². The van der Waals surface area contributed by atoms with Crippen molar-refractivity contribution in [3.63, 3.8) is 0 Å². The Morgan fingerprint density at radius 2 is 1.02 bits per heavy atom. The van der Waals surface area contributed by atoms with Gasteiger partial charge in [0.05, 0.1) is 71.6 Å². The van der Waals surface area contributed by atoms with E-state index in [9.17, 15) is 39.4 Å². The van der Waals surface area contributed by atoms with Gasteiger partial charge in [-0.1, -0.05) is 0 Å². The van der Waals surface area contributed by atoms with E-state index in [1.165, 1.54) is 46.8 Å². The molecule has 0 spiro atoms. The molecule has 4 aliphatic rings. The third kappa shape index (κ3) is 4.57. The highest BCUT2D eigenvalue weighted by molar-refractivity contribution is 6.27. The van der Waals surface area contributed by atoms with Crippen molar-refractivity contribution in [1.29, 1.82) is 0 Å². The number of nitrogens with zero attached hydrogens (tertiary/aromatic N) is 6. The predicted octanol–water partition coefficient (Wildman–Crippen LogP) is 3.93. The molecule has 266 valence electrons. The standard InChI is InChI=1S/C34H28N6O12/c1-3-49-17-9-11-19(21(15-17)39(45)46)35-31(41)25-27(23-7-5-13-51-23)38-30-26(28(24-8-6-14-52-24)37(38)29(25)33(35)43)32(42)36(34(30)44)20-12-10-18(50-4-2)16-22(20)40(47)48/h5-16,25-30H,3-4H2,1-2H3. The van der Waals surface area contributed by atoms with Crippen molar-refractivity contribution in [3.8, 4) is 11.5 Å². The number of hydrazine groups is 1. The molecular formula is C34H28N6O12. The molecule has 6 heterocycles. The van der Waals surface area contributed by atoms with Gasteiger partial charge in [-0.3, -0.25) is 39.4 Å². The number of furan rings is 2. The minimum absolute atomic E-state index is 0.163. The number of imide groups is 2. The van der Waals surface area contributed by atoms with E-state index in [2.05, 4.69) is 0 Å². The quantitative estimate of drug-likeness (QED) is 0.130. The molecule has 0 radical (unpaired) electrons. The summed E-state index contributed by atoms with van der Waals surface area (Å²) in [6.45, 7) is 3.83. The maximum Gasteiger partial charge on any atom is 0.297 e. The smallest absolute Gasteiger partial charge is 0.297 e. The first kappa shape index (κ1) is 32.8. The molecule has 4 amide bonds. The molecule has 2 aromatic heterocycles. The first-order chi connectivity index (χ1) is 25.1. The van der Waals surface area contributed by atoms with Crippen LogP contribution in [0.2, 0.25) is 0 Å². The highest BCUT2D eigenvalue weighted by Crippen LogP contribution is 2.60. The van der Waals surface area contributed by atoms with E-state index >= 15 is 0 Å². The number of carbonyl (C=O) groups excluding carboxylic acids is 4. The number of benzene rings is 2. The lowest BCUT2D eigenvalue weighted by Gasteiger charge is -2.34. The Hall–Kier alpha value is -6.40. The minimum Gasteiger partial charge on any atom is -0.494 e. The Labute approximate surface area is 292 Å². The maximum absolute atomic E-state index is 14.6. The molecule has 18 heteroatoms. The molecule has 6 atom stereocenters. The van der Waals surface area contributed by atoms with Crippen LogP contribution in [-0.4, -0.2) is 68.8 Å². The van der Waals surface area contributed by atoms with Gasteiger partial charge in [0.1, 0.15) is 46.5 Å². The third-order valence-corrected chi connectivity index (χ3v) is 9.79. The maximum atomic E-state index is 14.6. The fraction of sp³-hybridized carbons (Fsp3) is 0.294. The lowest BCUT2D eigenvalue weighted by Crippen LogP contribution is -2.50. The van der Waals surface area contributed by atoms with Gasteiger partial charge in [0, 0.05) is 0 Å². The van der Waals surface area contributed by atoms with Crippen molar-refractivity contribution < 1.29 is 47.3 Å². The molecule has 0 bridgehead atoms. The zero-order valence-electron chi connectivity index (χ0n) is 27.4. The van der Waals surface area contributed by atoms with Crippen LogP contribution in [0.25, 0.3) is 0 Å². The highest BCUT2D eigenvalue weighted by atomic mass is 16.6. The Bertz CT molecular complexity index is 2000. The summed E-state index contributed by atoms with van der Waals surface area (Å²) >= 11 is 0. The molecule has 4 aromatic rings. The minimum atomic E-state index is -1.37. The molecule has 4 saturated heterocycles. The van der Waals surface area contributed by atoms with Crippen molar-refractivity contribution in [2.24, 2.45) is 11.8 Å². The monoisotopic (exact) mass is 712 g/mol. The van der Waals surface area contributed by atoms with E-state index < -0.39 is 80.9 Å². The first-order valence-corrected chi connectivity index (χ1v) is 16.3. The van der Waals surface area contributed by atoms with Gasteiger partial charge in [-0.05, 0) is 62.4 Å². The van der Waals surface area contributed by atoms with E-state index in [0.29, 0.717) is 0 Å². The lowest BCUT2D eigenvalue weighted by molar-refractivity contribution is -0.384. The van der Waals surface area contributed by atoms with Gasteiger partial charge in [-0.25, -0.2) is 19.8 Å². The zero-order chi connectivity index (χ0) is 36.6. The molecule has 0 aliphatic carbocycles. The summed E-state index contributed by atoms with van der Waals surface area (Å²) in [5, 5.41) is 27.4. The number of nitro groups is 2. The molecule has 0 saturated carbocycles. The normalized spacial score (nSPS) is 25.5. The predicted molar refractivity (Wildman–Crippen MR) is 175 cm³/mol. The number of nitro benzene ring substituents is 2. The van der Waals surface area contributed by atoms with E-state index in [1.54, 1.807) is 38.1 Å². The van der Waals surface area contributed by atoms with Crippen molar-refractivity contribution in [3.05, 3.63) is 105 Å². The van der Waals surface area contributed by atoms with E-state index in [-0.39, 0.29) is 47.6 Å². The second kappa shape index (κ2) is 12.1. The molecule has 8 rings (SSSR count). The van der Waals surface area contributed by atoms with Crippen LogP contribution in [0.4, 0.5) is 22.7 Å². The second-order valence-electron chi connectivity index (χ2n) is 12.3. The average molecular weight is 713 g/mol. The number of amides is 4. The Kier molecular flexibility index (Phi) is 7.65. The number of fused-ring (bicyclic) bond motifs is 5. The van der Waals surface area contributed by atoms with Crippen LogP contribution in [0.3, 0.4) is 0 Å². The van der Waals surface area contributed by atoms with Gasteiger partial charge in [0.2, 0.25) is 11.8 Å². The summed E-state index contributed by atoms with van der Waals surface area (Å²) < 4.78 is 22.4. The first-order valence-electron chi connectivity index (χ1n) is 16.3. The summed E-state index contributed by atoms with van der Waals surface area (Å²) in [7, 11) is 0. The van der Waals surface area contributed by atoms with Crippen molar-refractivity contribution in [2.75, 3.05) is 23.0 Å². The Morgan fingerprint density at radius 1 is 0.615 bits per heavy atom. The van der Waals surface area contributed by atoms with Crippen LogP contribution in [-0.2, 0) is 19.2 Å². The molecule has 4 fully saturated rings. The summed E-state index contributed by atoms with van der Waals surface area (Å²) in [5.41, 5.74) is -1.65. The van der Waals surface area contributed by atoms with Crippen molar-refractivity contribution >= 4 is 46.4 Å². The van der Waals surface area contributed by atoms with Crippen molar-refractivity contribution in [2.45, 2.75) is 38.0 Å². The van der Waals surface area contributed by atoms with Gasteiger partial charge < -0.3 is 18.3 Å². The van der Waals surface area contributed by atoms with Crippen LogP contribution in [0, 0.1) is 32.1 Å². The molecule has 0 N–H and O–H groups in total. The van der Waals surface area contributed by atoms with Gasteiger partial charge in [0.15, 0.2) is 0 Å². The number of hydrogen-bond donors (Lipinski definition) is 0. The van der Waals surface area contributed by atoms with Crippen LogP contribution < -0.4 is 19.3 Å². The topological polar surface area (TPSA) is 212 Å². The summed E-state index contributed by atoms with van der Waals surface area (Å²) in [6, 6.07) is 8.74. The van der Waals surface area contributed by atoms with Crippen LogP contribution in [0.15, 0.2) is 82.0 Å². The number of hydrogen-bond acceptors (Lipinski definition) is 14. The summed E-state index contributed by atoms with van der Waals surface area (Å²) in [6.07, 6.45) is 2.69. The largest absolute Gasteiger partial charge is 0.494 e. The van der Waals surface area contributed by atoms with E-state index in [1.807, 2.05) is 0 Å². The van der Waals surface area contributed by atoms with Crippen LogP contribution in [0.5, 0.6) is 11.5 Å². The zero-order valence-corrected chi connectivity index (χ0v) is 27.4. The number of anilines is 2. The number of rotatable bonds is 10. The molecule has 6 unspecified atom stereocenters. The molecule has 18 nitrogen and oxygen atoms in total. The van der Waals surface area contributed by atoms with E-state index in [0.717, 1.165) is 21.9 Å².